The van der Waals surface area contributed by atoms with Gasteiger partial charge in [-0.15, -0.1) is 11.3 Å². The molecule has 9 heteroatoms. The molecule has 0 bridgehead atoms. The lowest BCUT2D eigenvalue weighted by Gasteiger charge is -2.39. The van der Waals surface area contributed by atoms with Crippen LogP contribution in [0.5, 0.6) is 5.75 Å². The van der Waals surface area contributed by atoms with Crippen molar-refractivity contribution in [2.75, 3.05) is 25.1 Å². The SMILES string of the molecule is COc1ccncc1C1CN(c2ncc3sccc3n2)CC(c2ccc(C)c3[nH]ncc23)O1. The number of H-pyrrole nitrogens is 1. The Morgan fingerprint density at radius 1 is 1.09 bits per heavy atom. The van der Waals surface area contributed by atoms with E-state index in [4.69, 9.17) is 14.5 Å². The summed E-state index contributed by atoms with van der Waals surface area (Å²) in [5.74, 6) is 1.44. The van der Waals surface area contributed by atoms with Crippen LogP contribution in [0.3, 0.4) is 0 Å². The van der Waals surface area contributed by atoms with Gasteiger partial charge in [-0.05, 0) is 35.6 Å². The maximum absolute atomic E-state index is 6.69. The number of aromatic amines is 1. The molecule has 1 aliphatic heterocycles. The Labute approximate surface area is 194 Å². The normalized spacial score (nSPS) is 18.8. The van der Waals surface area contributed by atoms with Crippen molar-refractivity contribution >= 4 is 38.4 Å². The maximum Gasteiger partial charge on any atom is 0.226 e. The van der Waals surface area contributed by atoms with Crippen molar-refractivity contribution < 1.29 is 9.47 Å². The molecule has 2 unspecified atom stereocenters. The highest BCUT2D eigenvalue weighted by Crippen LogP contribution is 2.39. The number of rotatable bonds is 4. The standard InChI is InChI=1S/C24H22N6O2S/c1-14-3-4-15(16-10-27-29-23(14)16)20-12-30(24-26-11-22-18(28-24)6-8-33-22)13-21(32-20)17-9-25-7-5-19(17)31-2/h3-11,20-21H,12-13H2,1-2H3,(H,27,29). The number of anilines is 1. The summed E-state index contributed by atoms with van der Waals surface area (Å²) in [6.45, 7) is 3.29. The predicted molar refractivity (Wildman–Crippen MR) is 128 cm³/mol. The van der Waals surface area contributed by atoms with Crippen molar-refractivity contribution in [2.24, 2.45) is 0 Å². The predicted octanol–water partition coefficient (Wildman–Crippen LogP) is 4.60. The number of methoxy groups -OCH3 is 1. The minimum Gasteiger partial charge on any atom is -0.496 e. The van der Waals surface area contributed by atoms with Gasteiger partial charge >= 0.3 is 0 Å². The Kier molecular flexibility index (Phi) is 4.92. The van der Waals surface area contributed by atoms with Crippen molar-refractivity contribution in [3.8, 4) is 5.75 Å². The Morgan fingerprint density at radius 3 is 2.85 bits per heavy atom. The van der Waals surface area contributed by atoms with Crippen molar-refractivity contribution in [3.05, 3.63) is 71.1 Å². The number of fused-ring (bicyclic) bond motifs is 2. The number of ether oxygens (including phenoxy) is 2. The molecule has 4 aromatic heterocycles. The summed E-state index contributed by atoms with van der Waals surface area (Å²) in [5.41, 5.74) is 5.12. The third-order valence-electron chi connectivity index (χ3n) is 6.16. The lowest BCUT2D eigenvalue weighted by Crippen LogP contribution is -2.41. The average Bonchev–Trinajstić information content (AvgIpc) is 3.54. The van der Waals surface area contributed by atoms with E-state index in [0.29, 0.717) is 19.0 Å². The molecule has 8 nitrogen and oxygen atoms in total. The lowest BCUT2D eigenvalue weighted by molar-refractivity contribution is -0.0301. The van der Waals surface area contributed by atoms with Crippen LogP contribution >= 0.6 is 11.3 Å². The number of aryl methyl sites for hydroxylation is 1. The highest BCUT2D eigenvalue weighted by Gasteiger charge is 2.34. The van der Waals surface area contributed by atoms with E-state index in [1.807, 2.05) is 36.1 Å². The number of benzene rings is 1. The second kappa shape index (κ2) is 8.09. The molecule has 1 aromatic carbocycles. The second-order valence-corrected chi connectivity index (χ2v) is 9.05. The molecule has 33 heavy (non-hydrogen) atoms. The van der Waals surface area contributed by atoms with Gasteiger partial charge in [0.15, 0.2) is 0 Å². The van der Waals surface area contributed by atoms with E-state index >= 15 is 0 Å². The molecule has 0 spiro atoms. The summed E-state index contributed by atoms with van der Waals surface area (Å²) in [6, 6.07) is 8.12. The minimum atomic E-state index is -0.266. The molecule has 0 radical (unpaired) electrons. The van der Waals surface area contributed by atoms with Gasteiger partial charge in [-0.1, -0.05) is 12.1 Å². The zero-order valence-electron chi connectivity index (χ0n) is 18.2. The van der Waals surface area contributed by atoms with Crippen LogP contribution in [0.25, 0.3) is 21.1 Å². The molecular formula is C24H22N6O2S. The van der Waals surface area contributed by atoms with E-state index < -0.39 is 0 Å². The smallest absolute Gasteiger partial charge is 0.226 e. The third-order valence-corrected chi connectivity index (χ3v) is 7.00. The number of nitrogens with one attached hydrogen (secondary N) is 1. The first-order chi connectivity index (χ1) is 16.2. The first-order valence-corrected chi connectivity index (χ1v) is 11.6. The van der Waals surface area contributed by atoms with Gasteiger partial charge in [0.05, 0.1) is 48.3 Å². The zero-order valence-corrected chi connectivity index (χ0v) is 19.0. The Hall–Kier alpha value is -3.56. The van der Waals surface area contributed by atoms with Gasteiger partial charge in [0.25, 0.3) is 0 Å². The van der Waals surface area contributed by atoms with E-state index in [0.717, 1.165) is 43.6 Å². The number of aromatic nitrogens is 5. The van der Waals surface area contributed by atoms with Crippen LogP contribution in [-0.4, -0.2) is 45.3 Å². The fraction of sp³-hybridized carbons (Fsp3) is 0.250. The fourth-order valence-electron chi connectivity index (χ4n) is 4.47. The van der Waals surface area contributed by atoms with Crippen LogP contribution in [0.2, 0.25) is 0 Å². The van der Waals surface area contributed by atoms with Crippen LogP contribution in [0.4, 0.5) is 5.95 Å². The number of nitrogens with zero attached hydrogens (tertiary/aromatic N) is 5. The van der Waals surface area contributed by atoms with Gasteiger partial charge in [-0.25, -0.2) is 9.97 Å². The van der Waals surface area contributed by atoms with Crippen LogP contribution in [0.15, 0.2) is 54.4 Å². The van der Waals surface area contributed by atoms with Crippen molar-refractivity contribution in [1.82, 2.24) is 25.1 Å². The maximum atomic E-state index is 6.69. The molecule has 0 saturated carbocycles. The molecule has 6 rings (SSSR count). The Bertz CT molecular complexity index is 1450. The highest BCUT2D eigenvalue weighted by atomic mass is 32.1. The summed E-state index contributed by atoms with van der Waals surface area (Å²) in [4.78, 5) is 16.0. The molecule has 1 fully saturated rings. The van der Waals surface area contributed by atoms with Crippen molar-refractivity contribution in [1.29, 1.82) is 0 Å². The molecule has 1 aliphatic rings. The van der Waals surface area contributed by atoms with Crippen molar-refractivity contribution in [2.45, 2.75) is 19.1 Å². The topological polar surface area (TPSA) is 89.1 Å². The molecule has 0 amide bonds. The Balaban J connectivity index is 1.44. The monoisotopic (exact) mass is 458 g/mol. The van der Waals surface area contributed by atoms with Gasteiger partial charge in [-0.2, -0.15) is 5.10 Å². The van der Waals surface area contributed by atoms with Crippen LogP contribution in [0.1, 0.15) is 28.9 Å². The summed E-state index contributed by atoms with van der Waals surface area (Å²) < 4.78 is 13.4. The number of hydrogen-bond acceptors (Lipinski definition) is 8. The molecule has 0 aliphatic carbocycles. The summed E-state index contributed by atoms with van der Waals surface area (Å²) in [6.07, 6.45) is 6.83. The third kappa shape index (κ3) is 3.49. The van der Waals surface area contributed by atoms with E-state index in [1.165, 1.54) is 0 Å². The van der Waals surface area contributed by atoms with Gasteiger partial charge < -0.3 is 14.4 Å². The molecule has 1 saturated heterocycles. The molecule has 1 N–H and O–H groups in total. The summed E-state index contributed by atoms with van der Waals surface area (Å²) in [5, 5.41) is 10.5. The number of hydrogen-bond donors (Lipinski definition) is 1. The summed E-state index contributed by atoms with van der Waals surface area (Å²) in [7, 11) is 1.67. The molecule has 5 heterocycles. The highest BCUT2D eigenvalue weighted by molar-refractivity contribution is 7.17. The molecule has 2 atom stereocenters. The van der Waals surface area contributed by atoms with Crippen LogP contribution in [0, 0.1) is 6.92 Å². The van der Waals surface area contributed by atoms with E-state index in [2.05, 4.69) is 44.1 Å². The van der Waals surface area contributed by atoms with Crippen molar-refractivity contribution in [3.63, 3.8) is 0 Å². The fourth-order valence-corrected chi connectivity index (χ4v) is 5.16. The first kappa shape index (κ1) is 20.1. The number of thiophene rings is 1. The molecule has 5 aromatic rings. The van der Waals surface area contributed by atoms with Crippen LogP contribution in [-0.2, 0) is 4.74 Å². The summed E-state index contributed by atoms with van der Waals surface area (Å²) >= 11 is 1.64. The van der Waals surface area contributed by atoms with E-state index in [-0.39, 0.29) is 12.2 Å². The molecule has 166 valence electrons. The first-order valence-electron chi connectivity index (χ1n) is 10.7. The van der Waals surface area contributed by atoms with E-state index in [9.17, 15) is 0 Å². The van der Waals surface area contributed by atoms with Gasteiger partial charge in [-0.3, -0.25) is 10.1 Å². The van der Waals surface area contributed by atoms with E-state index in [1.54, 1.807) is 24.6 Å². The van der Waals surface area contributed by atoms with Crippen LogP contribution < -0.4 is 9.64 Å². The zero-order chi connectivity index (χ0) is 22.4. The number of pyridine rings is 1. The number of morpholine rings is 1. The second-order valence-electron chi connectivity index (χ2n) is 8.11. The average molecular weight is 459 g/mol. The largest absolute Gasteiger partial charge is 0.496 e. The quantitative estimate of drug-likeness (QED) is 0.421. The van der Waals surface area contributed by atoms with Gasteiger partial charge in [0.1, 0.15) is 18.0 Å². The Morgan fingerprint density at radius 2 is 1.97 bits per heavy atom. The minimum absolute atomic E-state index is 0.212. The molecular weight excluding hydrogens is 436 g/mol. The van der Waals surface area contributed by atoms with Gasteiger partial charge in [0, 0.05) is 23.3 Å². The lowest BCUT2D eigenvalue weighted by atomic mass is 9.99. The van der Waals surface area contributed by atoms with Gasteiger partial charge in [0.2, 0.25) is 5.95 Å².